The highest BCUT2D eigenvalue weighted by Gasteiger charge is 2.11. The number of nitrogens with zero attached hydrogens (tertiary/aromatic N) is 2. The average molecular weight is 243 g/mol. The highest BCUT2D eigenvalue weighted by molar-refractivity contribution is 5.91. The van der Waals surface area contributed by atoms with Gasteiger partial charge in [-0.15, -0.1) is 0 Å². The Bertz CT molecular complexity index is 347. The Morgan fingerprint density at radius 2 is 2.12 bits per heavy atom. The average Bonchev–Trinajstić information content (AvgIpc) is 2.64. The largest absolute Gasteiger partial charge is 0.395 e. The molecule has 0 aromatic carbocycles. The van der Waals surface area contributed by atoms with Crippen LogP contribution >= 0.6 is 0 Å². The zero-order valence-electron chi connectivity index (χ0n) is 9.72. The van der Waals surface area contributed by atoms with E-state index in [2.05, 4.69) is 10.5 Å². The third kappa shape index (κ3) is 4.94. The van der Waals surface area contributed by atoms with Crippen molar-refractivity contribution in [3.05, 3.63) is 11.8 Å². The molecule has 0 fully saturated rings. The monoisotopic (exact) mass is 243 g/mol. The molecule has 0 saturated carbocycles. The van der Waals surface area contributed by atoms with Crippen LogP contribution in [-0.4, -0.2) is 59.0 Å². The second-order valence-electron chi connectivity index (χ2n) is 3.59. The molecule has 7 heteroatoms. The number of amides is 1. The lowest BCUT2D eigenvalue weighted by Crippen LogP contribution is -2.37. The van der Waals surface area contributed by atoms with Gasteiger partial charge in [0.25, 0.3) is 0 Å². The fraction of sp³-hybridized carbons (Fsp3) is 0.600. The summed E-state index contributed by atoms with van der Waals surface area (Å²) >= 11 is 0. The van der Waals surface area contributed by atoms with E-state index in [4.69, 9.17) is 14.7 Å². The predicted molar refractivity (Wildman–Crippen MR) is 60.5 cm³/mol. The van der Waals surface area contributed by atoms with E-state index in [1.165, 1.54) is 0 Å². The summed E-state index contributed by atoms with van der Waals surface area (Å²) in [5.41, 5.74) is 0. The number of aromatic nitrogens is 1. The summed E-state index contributed by atoms with van der Waals surface area (Å²) in [5.74, 6) is 0.712. The molecule has 0 atom stereocenters. The molecule has 3 N–H and O–H groups in total. The number of anilines is 1. The number of hydrogen-bond donors (Lipinski definition) is 3. The summed E-state index contributed by atoms with van der Waals surface area (Å²) in [6, 6.07) is 1.61. The van der Waals surface area contributed by atoms with Crippen molar-refractivity contribution >= 4 is 11.7 Å². The van der Waals surface area contributed by atoms with Gasteiger partial charge in [-0.2, -0.15) is 0 Å². The van der Waals surface area contributed by atoms with Crippen molar-refractivity contribution in [2.24, 2.45) is 0 Å². The highest BCUT2D eigenvalue weighted by Crippen LogP contribution is 2.06. The Labute approximate surface area is 99.0 Å². The first-order chi connectivity index (χ1) is 8.15. The molecule has 0 aliphatic rings. The number of aliphatic hydroxyl groups is 2. The van der Waals surface area contributed by atoms with Gasteiger partial charge < -0.3 is 20.1 Å². The predicted octanol–water partition coefficient (Wildman–Crippen LogP) is -0.792. The standard InChI is InChI=1S/C10H17N3O4/c1-8-6-9(12-17-8)11-10(16)7-13(2-4-14)3-5-15/h6,14-15H,2-5,7H2,1H3,(H,11,12,16). The van der Waals surface area contributed by atoms with Gasteiger partial charge in [0.1, 0.15) is 5.76 Å². The zero-order chi connectivity index (χ0) is 12.7. The molecule has 1 aromatic heterocycles. The van der Waals surface area contributed by atoms with E-state index in [1.54, 1.807) is 17.9 Å². The number of aliphatic hydroxyl groups excluding tert-OH is 2. The quantitative estimate of drug-likeness (QED) is 0.580. The minimum absolute atomic E-state index is 0.0592. The Morgan fingerprint density at radius 1 is 1.47 bits per heavy atom. The van der Waals surface area contributed by atoms with Gasteiger partial charge in [-0.3, -0.25) is 9.69 Å². The topological polar surface area (TPSA) is 98.8 Å². The molecule has 1 heterocycles. The van der Waals surface area contributed by atoms with E-state index in [1.807, 2.05) is 0 Å². The Kier molecular flexibility index (Phi) is 5.61. The van der Waals surface area contributed by atoms with Crippen LogP contribution in [0.2, 0.25) is 0 Å². The van der Waals surface area contributed by atoms with Crippen molar-refractivity contribution in [2.45, 2.75) is 6.92 Å². The second kappa shape index (κ2) is 7.00. The number of carbonyl (C=O) groups excluding carboxylic acids is 1. The van der Waals surface area contributed by atoms with Gasteiger partial charge in [0.2, 0.25) is 5.91 Å². The third-order valence-corrected chi connectivity index (χ3v) is 2.10. The van der Waals surface area contributed by atoms with Crippen molar-refractivity contribution in [2.75, 3.05) is 38.2 Å². The van der Waals surface area contributed by atoms with E-state index < -0.39 is 0 Å². The van der Waals surface area contributed by atoms with Crippen LogP contribution in [0.5, 0.6) is 0 Å². The lowest BCUT2D eigenvalue weighted by molar-refractivity contribution is -0.117. The molecule has 0 spiro atoms. The number of nitrogens with one attached hydrogen (secondary N) is 1. The fourth-order valence-electron chi connectivity index (χ4n) is 1.36. The molecule has 1 amide bonds. The molecule has 0 aliphatic heterocycles. The molecule has 0 radical (unpaired) electrons. The second-order valence-corrected chi connectivity index (χ2v) is 3.59. The molecule has 1 rings (SSSR count). The van der Waals surface area contributed by atoms with Gasteiger partial charge in [-0.05, 0) is 6.92 Å². The Hall–Kier alpha value is -1.44. The first-order valence-corrected chi connectivity index (χ1v) is 5.33. The number of hydrogen-bond acceptors (Lipinski definition) is 6. The molecule has 17 heavy (non-hydrogen) atoms. The van der Waals surface area contributed by atoms with Crippen LogP contribution in [0.3, 0.4) is 0 Å². The first kappa shape index (κ1) is 13.6. The van der Waals surface area contributed by atoms with Gasteiger partial charge in [0, 0.05) is 19.2 Å². The van der Waals surface area contributed by atoms with Crippen LogP contribution in [0.15, 0.2) is 10.6 Å². The van der Waals surface area contributed by atoms with Crippen molar-refractivity contribution < 1.29 is 19.5 Å². The summed E-state index contributed by atoms with van der Waals surface area (Å²) in [4.78, 5) is 13.2. The Morgan fingerprint density at radius 3 is 2.59 bits per heavy atom. The SMILES string of the molecule is Cc1cc(NC(=O)CN(CCO)CCO)no1. The Balaban J connectivity index is 2.41. The minimum Gasteiger partial charge on any atom is -0.395 e. The van der Waals surface area contributed by atoms with E-state index >= 15 is 0 Å². The number of aryl methyl sites for hydroxylation is 1. The smallest absolute Gasteiger partial charge is 0.239 e. The summed E-state index contributed by atoms with van der Waals surface area (Å²) in [6.07, 6.45) is 0. The lowest BCUT2D eigenvalue weighted by Gasteiger charge is -2.18. The molecule has 0 saturated heterocycles. The van der Waals surface area contributed by atoms with Crippen molar-refractivity contribution in [3.63, 3.8) is 0 Å². The lowest BCUT2D eigenvalue weighted by atomic mass is 10.4. The number of carbonyl (C=O) groups is 1. The molecule has 0 bridgehead atoms. The van der Waals surface area contributed by atoms with E-state index in [0.717, 1.165) is 0 Å². The maximum absolute atomic E-state index is 11.6. The summed E-state index contributed by atoms with van der Waals surface area (Å²) in [6.45, 7) is 2.38. The van der Waals surface area contributed by atoms with Gasteiger partial charge >= 0.3 is 0 Å². The summed E-state index contributed by atoms with van der Waals surface area (Å²) in [7, 11) is 0. The van der Waals surface area contributed by atoms with Crippen LogP contribution in [0.4, 0.5) is 5.82 Å². The highest BCUT2D eigenvalue weighted by atomic mass is 16.5. The zero-order valence-corrected chi connectivity index (χ0v) is 9.72. The molecule has 0 unspecified atom stereocenters. The van der Waals surface area contributed by atoms with Crippen LogP contribution in [0, 0.1) is 6.92 Å². The summed E-state index contributed by atoms with van der Waals surface area (Å²) in [5, 5.41) is 23.8. The third-order valence-electron chi connectivity index (χ3n) is 2.10. The first-order valence-electron chi connectivity index (χ1n) is 5.33. The van der Waals surface area contributed by atoms with Crippen LogP contribution in [-0.2, 0) is 4.79 Å². The van der Waals surface area contributed by atoms with Crippen LogP contribution < -0.4 is 5.32 Å². The van der Waals surface area contributed by atoms with Crippen molar-refractivity contribution in [3.8, 4) is 0 Å². The molecule has 96 valence electrons. The fourth-order valence-corrected chi connectivity index (χ4v) is 1.36. The van der Waals surface area contributed by atoms with Crippen molar-refractivity contribution in [1.82, 2.24) is 10.1 Å². The molecular formula is C10H17N3O4. The molecule has 0 aliphatic carbocycles. The van der Waals surface area contributed by atoms with Crippen molar-refractivity contribution in [1.29, 1.82) is 0 Å². The van der Waals surface area contributed by atoms with Gasteiger partial charge in [-0.25, -0.2) is 0 Å². The van der Waals surface area contributed by atoms with Crippen LogP contribution in [0.25, 0.3) is 0 Å². The van der Waals surface area contributed by atoms with Gasteiger partial charge in [0.05, 0.1) is 19.8 Å². The minimum atomic E-state index is -0.264. The van der Waals surface area contributed by atoms with Gasteiger partial charge in [-0.1, -0.05) is 5.16 Å². The van der Waals surface area contributed by atoms with Gasteiger partial charge in [0.15, 0.2) is 5.82 Å². The molecular weight excluding hydrogens is 226 g/mol. The van der Waals surface area contributed by atoms with E-state index in [0.29, 0.717) is 24.7 Å². The molecule has 1 aromatic rings. The normalized spacial score (nSPS) is 10.8. The van der Waals surface area contributed by atoms with E-state index in [9.17, 15) is 4.79 Å². The van der Waals surface area contributed by atoms with Crippen LogP contribution in [0.1, 0.15) is 5.76 Å². The maximum atomic E-state index is 11.6. The molecule has 7 nitrogen and oxygen atoms in total. The summed E-state index contributed by atoms with van der Waals surface area (Å²) < 4.78 is 4.81. The van der Waals surface area contributed by atoms with E-state index in [-0.39, 0.29) is 25.7 Å². The number of rotatable bonds is 7. The maximum Gasteiger partial charge on any atom is 0.239 e.